The number of hydrogen-bond acceptors (Lipinski definition) is 5. The summed E-state index contributed by atoms with van der Waals surface area (Å²) in [4.78, 5) is 35.3. The van der Waals surface area contributed by atoms with Crippen molar-refractivity contribution >= 4 is 35.0 Å². The topological polar surface area (TPSA) is 98.1 Å². The van der Waals surface area contributed by atoms with Crippen molar-refractivity contribution in [1.29, 1.82) is 0 Å². The van der Waals surface area contributed by atoms with Crippen LogP contribution in [0.15, 0.2) is 35.5 Å². The Morgan fingerprint density at radius 1 is 1.22 bits per heavy atom. The van der Waals surface area contributed by atoms with E-state index >= 15 is 0 Å². The van der Waals surface area contributed by atoms with Crippen molar-refractivity contribution in [3.8, 4) is 0 Å². The van der Waals surface area contributed by atoms with Crippen LogP contribution in [0.3, 0.4) is 0 Å². The molecule has 0 amide bonds. The van der Waals surface area contributed by atoms with Gasteiger partial charge in [0.05, 0.1) is 11.4 Å². The van der Waals surface area contributed by atoms with Crippen molar-refractivity contribution in [3.05, 3.63) is 40.6 Å². The molecule has 1 aliphatic heterocycles. The second-order valence-corrected chi connectivity index (χ2v) is 5.38. The van der Waals surface area contributed by atoms with Crippen LogP contribution in [0.1, 0.15) is 13.3 Å². The first kappa shape index (κ1) is 17.0. The molecule has 1 aromatic carbocycles. The van der Waals surface area contributed by atoms with Crippen LogP contribution in [0.2, 0.25) is 5.02 Å². The van der Waals surface area contributed by atoms with Crippen molar-refractivity contribution in [2.45, 2.75) is 19.4 Å². The molecule has 122 valence electrons. The van der Waals surface area contributed by atoms with Crippen LogP contribution < -0.4 is 5.01 Å². The zero-order chi connectivity index (χ0) is 17.3. The number of hydrogen-bond donors (Lipinski definition) is 2. The van der Waals surface area contributed by atoms with Gasteiger partial charge in [-0.1, -0.05) is 18.5 Å². The second-order valence-electron chi connectivity index (χ2n) is 4.95. The lowest BCUT2D eigenvalue weighted by Crippen LogP contribution is -2.58. The third-order valence-corrected chi connectivity index (χ3v) is 3.83. The van der Waals surface area contributed by atoms with Gasteiger partial charge in [-0.05, 0) is 30.7 Å². The van der Waals surface area contributed by atoms with Crippen LogP contribution >= 0.6 is 11.6 Å². The van der Waals surface area contributed by atoms with Crippen molar-refractivity contribution in [3.63, 3.8) is 0 Å². The number of halogens is 1. The first-order valence-corrected chi connectivity index (χ1v) is 7.19. The molecule has 0 aromatic heterocycles. The molecule has 23 heavy (non-hydrogen) atoms. The monoisotopic (exact) mass is 338 g/mol. The number of carboxylic acid groups (broad SMARTS) is 2. The summed E-state index contributed by atoms with van der Waals surface area (Å²) in [7, 11) is 1.43. The van der Waals surface area contributed by atoms with E-state index in [1.807, 2.05) is 0 Å². The maximum absolute atomic E-state index is 12.3. The highest BCUT2D eigenvalue weighted by Gasteiger charge is 2.45. The summed E-state index contributed by atoms with van der Waals surface area (Å²) in [6, 6.07) is 4.85. The highest BCUT2D eigenvalue weighted by atomic mass is 35.5. The number of carbonyl (C=O) groups excluding carboxylic acids is 1. The predicted octanol–water partition coefficient (Wildman–Crippen LogP) is 1.78. The van der Waals surface area contributed by atoms with Crippen molar-refractivity contribution in [1.82, 2.24) is 5.01 Å². The first-order chi connectivity index (χ1) is 10.8. The van der Waals surface area contributed by atoms with Crippen LogP contribution in [0.5, 0.6) is 0 Å². The van der Waals surface area contributed by atoms with Gasteiger partial charge in [-0.2, -0.15) is 5.01 Å². The van der Waals surface area contributed by atoms with Gasteiger partial charge in [-0.15, -0.1) is 0 Å². The number of anilines is 1. The van der Waals surface area contributed by atoms with Crippen LogP contribution in [-0.4, -0.2) is 46.0 Å². The Labute approximate surface area is 137 Å². The number of Topliss-reactive ketones (excluding diaryl/α,β-unsaturated/α-hetero) is 1. The van der Waals surface area contributed by atoms with E-state index in [0.717, 1.165) is 0 Å². The van der Waals surface area contributed by atoms with Crippen LogP contribution in [-0.2, 0) is 14.4 Å². The molecule has 0 saturated carbocycles. The SMILES string of the molecule is CCC1=C(C(=O)O)C(=O)C(C(=O)O)N(C)N1c1ccc(Cl)cc1. The molecule has 1 aliphatic rings. The number of nitrogens with zero attached hydrogens (tertiary/aromatic N) is 2. The van der Waals surface area contributed by atoms with Gasteiger partial charge in [0.1, 0.15) is 5.57 Å². The minimum atomic E-state index is -1.60. The van der Waals surface area contributed by atoms with Gasteiger partial charge in [-0.25, -0.2) is 9.59 Å². The lowest BCUT2D eigenvalue weighted by atomic mass is 9.97. The van der Waals surface area contributed by atoms with Gasteiger partial charge in [0.25, 0.3) is 0 Å². The Kier molecular flexibility index (Phi) is 4.72. The van der Waals surface area contributed by atoms with Gasteiger partial charge in [0.15, 0.2) is 6.04 Å². The molecule has 0 aliphatic carbocycles. The third kappa shape index (κ3) is 2.93. The highest BCUT2D eigenvalue weighted by Crippen LogP contribution is 2.32. The minimum Gasteiger partial charge on any atom is -0.480 e. The van der Waals surface area contributed by atoms with Gasteiger partial charge in [-0.3, -0.25) is 9.80 Å². The average molecular weight is 339 g/mol. The Morgan fingerprint density at radius 3 is 2.22 bits per heavy atom. The lowest BCUT2D eigenvalue weighted by molar-refractivity contribution is -0.148. The van der Waals surface area contributed by atoms with E-state index in [0.29, 0.717) is 10.7 Å². The highest BCUT2D eigenvalue weighted by molar-refractivity contribution is 6.30. The normalized spacial score (nSPS) is 19.2. The maximum atomic E-state index is 12.3. The first-order valence-electron chi connectivity index (χ1n) is 6.81. The predicted molar refractivity (Wildman–Crippen MR) is 83.1 cm³/mol. The standard InChI is InChI=1S/C15H15ClN2O5/c1-3-10-11(14(20)21)13(19)12(15(22)23)17(2)18(10)9-6-4-8(16)5-7-9/h4-7,12H,3H2,1-2H3,(H,20,21)(H,22,23). The molecule has 0 spiro atoms. The summed E-state index contributed by atoms with van der Waals surface area (Å²) >= 11 is 5.85. The average Bonchev–Trinajstić information content (AvgIpc) is 2.47. The molecule has 7 nitrogen and oxygen atoms in total. The Bertz CT molecular complexity index is 698. The maximum Gasteiger partial charge on any atom is 0.341 e. The molecule has 1 heterocycles. The summed E-state index contributed by atoms with van der Waals surface area (Å²) in [5.74, 6) is -3.79. The fourth-order valence-electron chi connectivity index (χ4n) is 2.61. The van der Waals surface area contributed by atoms with Gasteiger partial charge in [0, 0.05) is 12.1 Å². The largest absolute Gasteiger partial charge is 0.480 e. The number of aliphatic carboxylic acids is 2. The smallest absolute Gasteiger partial charge is 0.341 e. The molecule has 0 bridgehead atoms. The van der Waals surface area contributed by atoms with Gasteiger partial charge in [0.2, 0.25) is 5.78 Å². The lowest BCUT2D eigenvalue weighted by Gasteiger charge is -2.42. The molecule has 0 radical (unpaired) electrons. The molecule has 0 saturated heterocycles. The van der Waals surface area contributed by atoms with Gasteiger partial charge < -0.3 is 10.2 Å². The van der Waals surface area contributed by atoms with Gasteiger partial charge >= 0.3 is 11.9 Å². The molecule has 2 N–H and O–H groups in total. The number of carboxylic acids is 2. The molecular formula is C15H15ClN2O5. The number of ketones is 1. The summed E-state index contributed by atoms with van der Waals surface area (Å²) in [5, 5.41) is 21.8. The zero-order valence-corrected chi connectivity index (χ0v) is 13.2. The van der Waals surface area contributed by atoms with Crippen molar-refractivity contribution in [2.75, 3.05) is 12.1 Å². The quantitative estimate of drug-likeness (QED) is 0.637. The van der Waals surface area contributed by atoms with E-state index in [1.165, 1.54) is 17.1 Å². The van der Waals surface area contributed by atoms with Crippen LogP contribution in [0, 0.1) is 0 Å². The van der Waals surface area contributed by atoms with E-state index in [4.69, 9.17) is 11.6 Å². The van der Waals surface area contributed by atoms with E-state index in [1.54, 1.807) is 31.2 Å². The number of hydrazine groups is 1. The van der Waals surface area contributed by atoms with Crippen molar-refractivity contribution < 1.29 is 24.6 Å². The summed E-state index contributed by atoms with van der Waals surface area (Å²) in [6.07, 6.45) is 0.243. The third-order valence-electron chi connectivity index (χ3n) is 3.58. The number of rotatable bonds is 4. The van der Waals surface area contributed by atoms with E-state index < -0.39 is 29.3 Å². The number of carbonyl (C=O) groups is 3. The molecule has 1 atom stereocenters. The summed E-state index contributed by atoms with van der Waals surface area (Å²) in [6.45, 7) is 1.70. The van der Waals surface area contributed by atoms with Crippen LogP contribution in [0.25, 0.3) is 0 Å². The number of allylic oxidation sites excluding steroid dienone is 1. The Hall–Kier alpha value is -2.38. The molecule has 8 heteroatoms. The fourth-order valence-corrected chi connectivity index (χ4v) is 2.73. The fraction of sp³-hybridized carbons (Fsp3) is 0.267. The second kappa shape index (κ2) is 6.39. The minimum absolute atomic E-state index is 0.227. The Morgan fingerprint density at radius 2 is 1.78 bits per heavy atom. The summed E-state index contributed by atoms with van der Waals surface area (Å²) in [5.41, 5.74) is 0.240. The van der Waals surface area contributed by atoms with E-state index in [-0.39, 0.29) is 12.1 Å². The molecule has 1 aromatic rings. The number of benzene rings is 1. The Balaban J connectivity index is 2.69. The summed E-state index contributed by atoms with van der Waals surface area (Å²) < 4.78 is 0. The van der Waals surface area contributed by atoms with E-state index in [2.05, 4.69) is 0 Å². The van der Waals surface area contributed by atoms with E-state index in [9.17, 15) is 24.6 Å². The van der Waals surface area contributed by atoms with Crippen LogP contribution in [0.4, 0.5) is 5.69 Å². The number of likely N-dealkylation sites (N-methyl/N-ethyl adjacent to an activating group) is 1. The van der Waals surface area contributed by atoms with Crippen molar-refractivity contribution in [2.24, 2.45) is 0 Å². The molecule has 1 unspecified atom stereocenters. The molecule has 0 fully saturated rings. The molecular weight excluding hydrogens is 324 g/mol. The zero-order valence-electron chi connectivity index (χ0n) is 12.5. The molecule has 2 rings (SSSR count).